The molecule has 0 unspecified atom stereocenters. The average molecular weight is 401 g/mol. The summed E-state index contributed by atoms with van der Waals surface area (Å²) in [6.45, 7) is 0. The largest absolute Gasteiger partial charge is 0.507 e. The van der Waals surface area contributed by atoms with Crippen LogP contribution in [0.25, 0.3) is 11.3 Å². The van der Waals surface area contributed by atoms with Gasteiger partial charge in [0.15, 0.2) is 0 Å². The van der Waals surface area contributed by atoms with E-state index in [9.17, 15) is 5.11 Å². The van der Waals surface area contributed by atoms with Crippen LogP contribution < -0.4 is 0 Å². The maximum Gasteiger partial charge on any atom is 0.251 e. The first-order valence-corrected chi connectivity index (χ1v) is 9.34. The van der Waals surface area contributed by atoms with E-state index in [1.165, 1.54) is 0 Å². The molecule has 0 saturated heterocycles. The van der Waals surface area contributed by atoms with Crippen molar-refractivity contribution >= 4 is 30.0 Å². The molecule has 1 heterocycles. The van der Waals surface area contributed by atoms with E-state index in [0.717, 1.165) is 16.8 Å². The fraction of sp³-hybridized carbons (Fsp3) is 0. The molecule has 0 saturated carbocycles. The minimum Gasteiger partial charge on any atom is -0.507 e. The predicted molar refractivity (Wildman–Crippen MR) is 117 cm³/mol. The first-order valence-electron chi connectivity index (χ1n) is 8.96. The molecule has 0 amide bonds. The van der Waals surface area contributed by atoms with Gasteiger partial charge >= 0.3 is 0 Å². The lowest BCUT2D eigenvalue weighted by Gasteiger charge is -1.98. The average Bonchev–Trinajstić information content (AvgIpc) is 3.16. The molecule has 142 valence electrons. The minimum absolute atomic E-state index is 0.155. The molecule has 0 fully saturated rings. The van der Waals surface area contributed by atoms with Gasteiger partial charge in [-0.2, -0.15) is 5.10 Å². The van der Waals surface area contributed by atoms with E-state index in [1.807, 2.05) is 66.9 Å². The Kier molecular flexibility index (Phi) is 5.49. The Balaban J connectivity index is 1.71. The molecular weight excluding hydrogens is 384 g/mol. The van der Waals surface area contributed by atoms with Crippen LogP contribution >= 0.6 is 11.6 Å². The molecule has 0 spiro atoms. The number of para-hydroxylation sites is 1. The van der Waals surface area contributed by atoms with E-state index < -0.39 is 0 Å². The summed E-state index contributed by atoms with van der Waals surface area (Å²) in [5.41, 5.74) is 3.22. The van der Waals surface area contributed by atoms with E-state index in [2.05, 4.69) is 15.1 Å². The molecule has 0 bridgehead atoms. The number of hydrogen-bond donors (Lipinski definition) is 1. The fourth-order valence-corrected chi connectivity index (χ4v) is 2.81. The van der Waals surface area contributed by atoms with Gasteiger partial charge < -0.3 is 5.11 Å². The number of nitrogens with zero attached hydrogens (tertiary/aromatic N) is 4. The summed E-state index contributed by atoms with van der Waals surface area (Å²) in [5.74, 6) is 0.555. The van der Waals surface area contributed by atoms with Gasteiger partial charge in [-0.15, -0.1) is 0 Å². The van der Waals surface area contributed by atoms with Crippen molar-refractivity contribution in [3.8, 4) is 17.0 Å². The molecule has 6 heteroatoms. The van der Waals surface area contributed by atoms with E-state index in [4.69, 9.17) is 11.6 Å². The van der Waals surface area contributed by atoms with Crippen LogP contribution in [-0.2, 0) is 0 Å². The highest BCUT2D eigenvalue weighted by Gasteiger charge is 2.08. The molecule has 29 heavy (non-hydrogen) atoms. The molecule has 1 aromatic heterocycles. The van der Waals surface area contributed by atoms with Gasteiger partial charge in [0.2, 0.25) is 0 Å². The number of aromatic hydroxyl groups is 1. The summed E-state index contributed by atoms with van der Waals surface area (Å²) in [5, 5.41) is 15.1. The van der Waals surface area contributed by atoms with E-state index in [-0.39, 0.29) is 5.75 Å². The summed E-state index contributed by atoms with van der Waals surface area (Å²) >= 11 is 5.94. The van der Waals surface area contributed by atoms with Gasteiger partial charge in [0.05, 0.1) is 18.1 Å². The van der Waals surface area contributed by atoms with Gasteiger partial charge in [0, 0.05) is 22.4 Å². The SMILES string of the molecule is Oc1ccccc1/C=N\c1nc(-c2ccccc2)cn1/N=C\c1ccc(Cl)cc1. The van der Waals surface area contributed by atoms with Crippen molar-refractivity contribution in [1.82, 2.24) is 9.66 Å². The number of rotatable bonds is 5. The van der Waals surface area contributed by atoms with E-state index in [0.29, 0.717) is 16.5 Å². The first kappa shape index (κ1) is 18.7. The van der Waals surface area contributed by atoms with E-state index in [1.54, 1.807) is 35.3 Å². The number of aliphatic imine (C=N–C) groups is 1. The molecule has 4 rings (SSSR count). The molecule has 3 aromatic carbocycles. The third kappa shape index (κ3) is 4.59. The van der Waals surface area contributed by atoms with Crippen LogP contribution in [0.5, 0.6) is 5.75 Å². The van der Waals surface area contributed by atoms with Crippen molar-refractivity contribution in [3.05, 3.63) is 101 Å². The van der Waals surface area contributed by atoms with Crippen LogP contribution in [-0.4, -0.2) is 27.2 Å². The molecule has 4 aromatic rings. The first-order chi connectivity index (χ1) is 14.2. The van der Waals surface area contributed by atoms with Crippen molar-refractivity contribution in [1.29, 1.82) is 0 Å². The lowest BCUT2D eigenvalue weighted by atomic mass is 10.2. The quantitative estimate of drug-likeness (QED) is 0.447. The number of imidazole rings is 1. The number of halogens is 1. The standard InChI is InChI=1S/C23H17ClN4O/c24-20-12-10-17(11-13-20)14-26-28-16-21(18-6-2-1-3-7-18)27-23(28)25-15-19-8-4-5-9-22(19)29/h1-16,29H/b25-15-,26-14-. The molecule has 0 aliphatic rings. The lowest BCUT2D eigenvalue weighted by molar-refractivity contribution is 0.474. The van der Waals surface area contributed by atoms with Crippen LogP contribution in [0, 0.1) is 0 Å². The van der Waals surface area contributed by atoms with Gasteiger partial charge in [0.25, 0.3) is 5.95 Å². The Morgan fingerprint density at radius 3 is 2.34 bits per heavy atom. The summed E-state index contributed by atoms with van der Waals surface area (Å²) < 4.78 is 1.60. The molecule has 0 radical (unpaired) electrons. The predicted octanol–water partition coefficient (Wildman–Crippen LogP) is 5.54. The van der Waals surface area contributed by atoms with Crippen LogP contribution in [0.4, 0.5) is 5.95 Å². The maximum absolute atomic E-state index is 9.96. The van der Waals surface area contributed by atoms with Crippen LogP contribution in [0.15, 0.2) is 95.2 Å². The Bertz CT molecular complexity index is 1170. The Morgan fingerprint density at radius 1 is 0.862 bits per heavy atom. The highest BCUT2D eigenvalue weighted by molar-refractivity contribution is 6.30. The zero-order valence-corrected chi connectivity index (χ0v) is 16.1. The second kappa shape index (κ2) is 8.54. The molecule has 5 nitrogen and oxygen atoms in total. The van der Waals surface area contributed by atoms with Gasteiger partial charge in [0.1, 0.15) is 5.75 Å². The van der Waals surface area contributed by atoms with Gasteiger partial charge in [-0.1, -0.05) is 66.2 Å². The van der Waals surface area contributed by atoms with Crippen molar-refractivity contribution in [2.75, 3.05) is 0 Å². The number of hydrogen-bond acceptors (Lipinski definition) is 4. The zero-order chi connectivity index (χ0) is 20.1. The van der Waals surface area contributed by atoms with E-state index >= 15 is 0 Å². The normalized spacial score (nSPS) is 11.5. The highest BCUT2D eigenvalue weighted by atomic mass is 35.5. The lowest BCUT2D eigenvalue weighted by Crippen LogP contribution is -1.90. The van der Waals surface area contributed by atoms with Crippen LogP contribution in [0.1, 0.15) is 11.1 Å². The van der Waals surface area contributed by atoms with Crippen LogP contribution in [0.2, 0.25) is 5.02 Å². The molecule has 0 atom stereocenters. The molecule has 0 aliphatic carbocycles. The third-order valence-electron chi connectivity index (χ3n) is 4.20. The summed E-state index contributed by atoms with van der Waals surface area (Å²) in [4.78, 5) is 9.04. The second-order valence-corrected chi connectivity index (χ2v) is 6.69. The highest BCUT2D eigenvalue weighted by Crippen LogP contribution is 2.23. The number of aromatic nitrogens is 2. The zero-order valence-electron chi connectivity index (χ0n) is 15.4. The Hall–Kier alpha value is -3.70. The summed E-state index contributed by atoms with van der Waals surface area (Å²) in [7, 11) is 0. The van der Waals surface area contributed by atoms with Crippen molar-refractivity contribution < 1.29 is 5.11 Å². The number of phenolic OH excluding ortho intramolecular Hbond substituents is 1. The fourth-order valence-electron chi connectivity index (χ4n) is 2.68. The van der Waals surface area contributed by atoms with Gasteiger partial charge in [-0.25, -0.2) is 14.7 Å². The third-order valence-corrected chi connectivity index (χ3v) is 4.45. The maximum atomic E-state index is 9.96. The molecule has 1 N–H and O–H groups in total. The van der Waals surface area contributed by atoms with Gasteiger partial charge in [-0.3, -0.25) is 0 Å². The second-order valence-electron chi connectivity index (χ2n) is 6.25. The molecular formula is C23H17ClN4O. The topological polar surface area (TPSA) is 62.8 Å². The summed E-state index contributed by atoms with van der Waals surface area (Å²) in [6, 6.07) is 24.2. The smallest absolute Gasteiger partial charge is 0.251 e. The number of phenols is 1. The van der Waals surface area contributed by atoms with Gasteiger partial charge in [-0.05, 0) is 29.8 Å². The molecule has 0 aliphatic heterocycles. The summed E-state index contributed by atoms with van der Waals surface area (Å²) in [6.07, 6.45) is 5.10. The minimum atomic E-state index is 0.155. The van der Waals surface area contributed by atoms with Crippen molar-refractivity contribution in [2.24, 2.45) is 10.1 Å². The number of benzene rings is 3. The monoisotopic (exact) mass is 400 g/mol. The Labute approximate surface area is 173 Å². The van der Waals surface area contributed by atoms with Crippen molar-refractivity contribution in [2.45, 2.75) is 0 Å². The van der Waals surface area contributed by atoms with Crippen molar-refractivity contribution in [3.63, 3.8) is 0 Å². The Morgan fingerprint density at radius 2 is 1.59 bits per heavy atom. The van der Waals surface area contributed by atoms with Crippen LogP contribution in [0.3, 0.4) is 0 Å².